The van der Waals surface area contributed by atoms with E-state index in [1.165, 1.54) is 10.8 Å². The maximum atomic E-state index is 11.7. The first-order valence-electron chi connectivity index (χ1n) is 4.06. The van der Waals surface area contributed by atoms with Crippen molar-refractivity contribution in [2.45, 2.75) is 0 Å². The Morgan fingerprint density at radius 1 is 1.43 bits per heavy atom. The van der Waals surface area contributed by atoms with Crippen LogP contribution in [0.4, 0.5) is 0 Å². The molecular weight excluding hydrogens is 182 g/mol. The summed E-state index contributed by atoms with van der Waals surface area (Å²) in [4.78, 5) is 19.5. The number of fused-ring (bicyclic) bond motifs is 3. The second-order valence-electron chi connectivity index (χ2n) is 3.00. The molecule has 14 heavy (non-hydrogen) atoms. The van der Waals surface area contributed by atoms with E-state index in [0.717, 1.165) is 0 Å². The molecular formula is C9H5N3O2. The molecule has 0 saturated heterocycles. The van der Waals surface area contributed by atoms with Crippen molar-refractivity contribution in [1.29, 1.82) is 0 Å². The molecule has 0 spiro atoms. The molecule has 5 heteroatoms. The molecule has 1 aliphatic heterocycles. The highest BCUT2D eigenvalue weighted by Crippen LogP contribution is 2.30. The summed E-state index contributed by atoms with van der Waals surface area (Å²) < 4.78 is 1.30. The van der Waals surface area contributed by atoms with Crippen molar-refractivity contribution in [1.82, 2.24) is 14.5 Å². The summed E-state index contributed by atoms with van der Waals surface area (Å²) in [6.07, 6.45) is 2.88. The predicted octanol–water partition coefficient (Wildman–Crippen LogP) is 0.653. The van der Waals surface area contributed by atoms with Crippen LogP contribution in [-0.2, 0) is 0 Å². The molecule has 0 aliphatic carbocycles. The van der Waals surface area contributed by atoms with Gasteiger partial charge >= 0.3 is 0 Å². The number of hydrogen-bond donors (Lipinski definition) is 1. The van der Waals surface area contributed by atoms with Gasteiger partial charge in [0.2, 0.25) is 5.88 Å². The molecule has 1 aliphatic rings. The van der Waals surface area contributed by atoms with E-state index in [-0.39, 0.29) is 11.8 Å². The highest BCUT2D eigenvalue weighted by Gasteiger charge is 2.29. The summed E-state index contributed by atoms with van der Waals surface area (Å²) in [5, 5.41) is 9.13. The van der Waals surface area contributed by atoms with Crippen molar-refractivity contribution in [2.24, 2.45) is 0 Å². The Kier molecular flexibility index (Phi) is 1.14. The molecule has 3 heterocycles. The molecule has 2 aromatic rings. The summed E-state index contributed by atoms with van der Waals surface area (Å²) in [6.45, 7) is 0. The van der Waals surface area contributed by atoms with Gasteiger partial charge in [0.05, 0.1) is 11.8 Å². The van der Waals surface area contributed by atoms with Crippen molar-refractivity contribution in [3.8, 4) is 17.4 Å². The second kappa shape index (κ2) is 2.20. The summed E-state index contributed by atoms with van der Waals surface area (Å²) in [7, 11) is 0. The van der Waals surface area contributed by atoms with Crippen LogP contribution < -0.4 is 0 Å². The average Bonchev–Trinajstić information content (AvgIpc) is 2.68. The van der Waals surface area contributed by atoms with E-state index in [0.29, 0.717) is 17.1 Å². The lowest BCUT2D eigenvalue weighted by molar-refractivity contribution is 0.0968. The third-order valence-corrected chi connectivity index (χ3v) is 2.16. The van der Waals surface area contributed by atoms with Crippen LogP contribution in [0.5, 0.6) is 5.88 Å². The standard InChI is InChI=1S/C9H5N3O2/c13-6-4-12-8(11-6)7-5(9(12)14)2-1-3-10-7/h1-4,13H. The molecule has 0 radical (unpaired) electrons. The van der Waals surface area contributed by atoms with Crippen molar-refractivity contribution >= 4 is 5.91 Å². The second-order valence-corrected chi connectivity index (χ2v) is 3.00. The molecule has 1 N–H and O–H groups in total. The van der Waals surface area contributed by atoms with Crippen LogP contribution in [0.15, 0.2) is 24.5 Å². The normalized spacial score (nSPS) is 12.7. The largest absolute Gasteiger partial charge is 0.492 e. The summed E-state index contributed by atoms with van der Waals surface area (Å²) in [6, 6.07) is 3.39. The fraction of sp³-hybridized carbons (Fsp3) is 0. The van der Waals surface area contributed by atoms with Gasteiger partial charge in [0.15, 0.2) is 5.82 Å². The van der Waals surface area contributed by atoms with Crippen molar-refractivity contribution in [3.05, 3.63) is 30.1 Å². The number of pyridine rings is 1. The smallest absolute Gasteiger partial charge is 0.266 e. The zero-order valence-corrected chi connectivity index (χ0v) is 7.01. The van der Waals surface area contributed by atoms with Crippen molar-refractivity contribution in [3.63, 3.8) is 0 Å². The monoisotopic (exact) mass is 187 g/mol. The van der Waals surface area contributed by atoms with E-state index in [4.69, 9.17) is 5.11 Å². The molecule has 0 atom stereocenters. The Hall–Kier alpha value is -2.17. The van der Waals surface area contributed by atoms with E-state index in [9.17, 15) is 4.79 Å². The van der Waals surface area contributed by atoms with Gasteiger partial charge in [-0.25, -0.2) is 0 Å². The third kappa shape index (κ3) is 0.711. The predicted molar refractivity (Wildman–Crippen MR) is 46.9 cm³/mol. The first-order valence-corrected chi connectivity index (χ1v) is 4.06. The zero-order valence-electron chi connectivity index (χ0n) is 7.01. The van der Waals surface area contributed by atoms with Gasteiger partial charge in [-0.05, 0) is 12.1 Å². The van der Waals surface area contributed by atoms with Crippen molar-refractivity contribution < 1.29 is 9.90 Å². The Balaban J connectivity index is 2.39. The van der Waals surface area contributed by atoms with Gasteiger partial charge in [0.1, 0.15) is 5.69 Å². The van der Waals surface area contributed by atoms with Gasteiger partial charge in [0.25, 0.3) is 5.91 Å². The topological polar surface area (TPSA) is 68.0 Å². The molecule has 0 saturated carbocycles. The molecule has 0 fully saturated rings. The van der Waals surface area contributed by atoms with Crippen LogP contribution in [0, 0.1) is 0 Å². The zero-order chi connectivity index (χ0) is 9.71. The number of aromatic hydroxyl groups is 1. The molecule has 68 valence electrons. The van der Waals surface area contributed by atoms with Crippen molar-refractivity contribution in [2.75, 3.05) is 0 Å². The molecule has 2 aromatic heterocycles. The number of carbonyl (C=O) groups excluding carboxylic acids is 1. The Labute approximate surface area is 78.7 Å². The maximum Gasteiger partial charge on any atom is 0.266 e. The number of carbonyl (C=O) groups is 1. The number of imidazole rings is 1. The molecule has 5 nitrogen and oxygen atoms in total. The fourth-order valence-corrected chi connectivity index (χ4v) is 1.58. The van der Waals surface area contributed by atoms with Crippen LogP contribution in [0.2, 0.25) is 0 Å². The van der Waals surface area contributed by atoms with Gasteiger partial charge in [-0.1, -0.05) is 0 Å². The minimum Gasteiger partial charge on any atom is -0.492 e. The minimum absolute atomic E-state index is 0.162. The molecule has 0 bridgehead atoms. The van der Waals surface area contributed by atoms with Crippen LogP contribution in [0.1, 0.15) is 10.4 Å². The van der Waals surface area contributed by atoms with Gasteiger partial charge < -0.3 is 5.11 Å². The Morgan fingerprint density at radius 2 is 2.29 bits per heavy atom. The van der Waals surface area contributed by atoms with E-state index in [1.807, 2.05) is 0 Å². The van der Waals surface area contributed by atoms with Crippen LogP contribution in [0.25, 0.3) is 11.5 Å². The summed E-state index contributed by atoms with van der Waals surface area (Å²) in [5.41, 5.74) is 1.05. The summed E-state index contributed by atoms with van der Waals surface area (Å²) in [5.74, 6) is 0.0450. The van der Waals surface area contributed by atoms with E-state index in [2.05, 4.69) is 9.97 Å². The van der Waals surface area contributed by atoms with E-state index >= 15 is 0 Å². The number of nitrogens with zero attached hydrogens (tertiary/aromatic N) is 3. The highest BCUT2D eigenvalue weighted by atomic mass is 16.3. The lowest BCUT2D eigenvalue weighted by Crippen LogP contribution is -2.03. The quantitative estimate of drug-likeness (QED) is 0.561. The lowest BCUT2D eigenvalue weighted by atomic mass is 10.2. The van der Waals surface area contributed by atoms with Crippen LogP contribution >= 0.6 is 0 Å². The minimum atomic E-state index is -0.198. The van der Waals surface area contributed by atoms with E-state index in [1.54, 1.807) is 18.3 Å². The van der Waals surface area contributed by atoms with Gasteiger partial charge in [0, 0.05) is 6.20 Å². The number of aromatic nitrogens is 3. The number of rotatable bonds is 0. The fourth-order valence-electron chi connectivity index (χ4n) is 1.58. The number of hydrogen-bond acceptors (Lipinski definition) is 4. The first kappa shape index (κ1) is 7.25. The molecule has 3 rings (SSSR count). The maximum absolute atomic E-state index is 11.7. The van der Waals surface area contributed by atoms with Gasteiger partial charge in [-0.3, -0.25) is 14.3 Å². The molecule has 0 amide bonds. The average molecular weight is 187 g/mol. The Morgan fingerprint density at radius 3 is 3.14 bits per heavy atom. The van der Waals surface area contributed by atoms with E-state index < -0.39 is 0 Å². The molecule has 0 aromatic carbocycles. The van der Waals surface area contributed by atoms with Gasteiger partial charge in [-0.2, -0.15) is 4.98 Å². The third-order valence-electron chi connectivity index (χ3n) is 2.16. The lowest BCUT2D eigenvalue weighted by Gasteiger charge is -1.92. The summed E-state index contributed by atoms with van der Waals surface area (Å²) >= 11 is 0. The van der Waals surface area contributed by atoms with Crippen LogP contribution in [0.3, 0.4) is 0 Å². The first-order chi connectivity index (χ1) is 6.77. The molecule has 0 unspecified atom stereocenters. The Bertz CT molecular complexity index is 545. The highest BCUT2D eigenvalue weighted by molar-refractivity contribution is 6.07. The SMILES string of the molecule is O=C1c2cccnc2-c2nc(O)cn21. The van der Waals surface area contributed by atoms with Crippen LogP contribution in [-0.4, -0.2) is 25.5 Å². The van der Waals surface area contributed by atoms with Gasteiger partial charge in [-0.15, -0.1) is 0 Å².